The summed E-state index contributed by atoms with van der Waals surface area (Å²) in [4.78, 5) is 17.4. The Morgan fingerprint density at radius 2 is 1.79 bits per heavy atom. The van der Waals surface area contributed by atoms with Gasteiger partial charge in [-0.1, -0.05) is 59.9 Å². The number of aromatic nitrogens is 1. The second-order valence-electron chi connectivity index (χ2n) is 6.45. The van der Waals surface area contributed by atoms with E-state index in [1.807, 2.05) is 60.7 Å². The summed E-state index contributed by atoms with van der Waals surface area (Å²) in [5.74, 6) is 0.648. The van der Waals surface area contributed by atoms with E-state index in [0.29, 0.717) is 10.7 Å². The van der Waals surface area contributed by atoms with Crippen molar-refractivity contribution in [2.45, 2.75) is 12.8 Å². The van der Waals surface area contributed by atoms with Crippen molar-refractivity contribution < 1.29 is 9.53 Å². The quantitative estimate of drug-likeness (QED) is 0.485. The molecule has 0 aliphatic carbocycles. The number of aryl methyl sites for hydroxylation is 2. The molecule has 4 rings (SSSR count). The first-order valence-corrected chi connectivity index (χ1v) is 9.92. The molecular weight excluding hydrogens is 368 g/mol. The summed E-state index contributed by atoms with van der Waals surface area (Å²) < 4.78 is 6.23. The Morgan fingerprint density at radius 1 is 1.00 bits per heavy atom. The minimum absolute atomic E-state index is 0.130. The van der Waals surface area contributed by atoms with Gasteiger partial charge in [0.25, 0.3) is 5.91 Å². The van der Waals surface area contributed by atoms with Gasteiger partial charge in [0.2, 0.25) is 0 Å². The van der Waals surface area contributed by atoms with Crippen LogP contribution < -0.4 is 10.1 Å². The fraction of sp³-hybridized carbons (Fsp3) is 0.130. The van der Waals surface area contributed by atoms with Crippen LogP contribution in [0.15, 0.2) is 72.8 Å². The van der Waals surface area contributed by atoms with Crippen LogP contribution in [0, 0.1) is 0 Å². The Morgan fingerprint density at radius 3 is 2.61 bits per heavy atom. The van der Waals surface area contributed by atoms with Crippen LogP contribution in [0.25, 0.3) is 10.2 Å². The van der Waals surface area contributed by atoms with E-state index >= 15 is 0 Å². The van der Waals surface area contributed by atoms with Crippen LogP contribution in [0.3, 0.4) is 0 Å². The van der Waals surface area contributed by atoms with Crippen molar-refractivity contribution in [2.75, 3.05) is 12.4 Å². The molecule has 28 heavy (non-hydrogen) atoms. The van der Waals surface area contributed by atoms with Crippen molar-refractivity contribution in [2.24, 2.45) is 0 Å². The van der Waals surface area contributed by atoms with Gasteiger partial charge in [-0.05, 0) is 48.2 Å². The van der Waals surface area contributed by atoms with Crippen LogP contribution in [0.5, 0.6) is 5.75 Å². The number of nitrogens with one attached hydrogen (secondary N) is 1. The number of methoxy groups -OCH3 is 1. The van der Waals surface area contributed by atoms with Gasteiger partial charge in [0.15, 0.2) is 5.13 Å². The number of rotatable bonds is 6. The number of amides is 1. The number of thiazole rings is 1. The Bertz CT molecular complexity index is 1110. The van der Waals surface area contributed by atoms with Gasteiger partial charge in [0, 0.05) is 5.56 Å². The molecule has 4 aromatic rings. The number of carbonyl (C=O) groups excluding carboxylic acids is 1. The molecule has 0 aliphatic heterocycles. The van der Waals surface area contributed by atoms with Gasteiger partial charge in [-0.2, -0.15) is 0 Å². The van der Waals surface area contributed by atoms with Gasteiger partial charge in [-0.3, -0.25) is 10.1 Å². The summed E-state index contributed by atoms with van der Waals surface area (Å²) in [6, 6.07) is 23.7. The maximum Gasteiger partial charge on any atom is 0.257 e. The van der Waals surface area contributed by atoms with E-state index in [1.54, 1.807) is 7.11 Å². The molecule has 0 atom stereocenters. The maximum atomic E-state index is 12.9. The topological polar surface area (TPSA) is 51.2 Å². The van der Waals surface area contributed by atoms with Crippen LogP contribution in [-0.2, 0) is 12.8 Å². The molecule has 5 heteroatoms. The van der Waals surface area contributed by atoms with Gasteiger partial charge in [0.05, 0.1) is 17.3 Å². The van der Waals surface area contributed by atoms with Crippen molar-refractivity contribution >= 4 is 32.6 Å². The standard InChI is InChI=1S/C23H20N2O2S/c1-27-18-13-14-20-21(15-18)28-23(24-20)25-22(26)19-10-6-5-9-17(19)12-11-16-7-3-2-4-8-16/h2-10,13-15H,11-12H2,1H3,(H,24,25,26). The Labute approximate surface area is 167 Å². The highest BCUT2D eigenvalue weighted by atomic mass is 32.1. The number of carbonyl (C=O) groups is 1. The normalized spacial score (nSPS) is 10.8. The Hall–Kier alpha value is -3.18. The molecule has 1 amide bonds. The average Bonchev–Trinajstić information content (AvgIpc) is 3.14. The van der Waals surface area contributed by atoms with E-state index in [1.165, 1.54) is 16.9 Å². The molecule has 0 aliphatic rings. The summed E-state index contributed by atoms with van der Waals surface area (Å²) in [7, 11) is 1.64. The van der Waals surface area contributed by atoms with Crippen LogP contribution in [-0.4, -0.2) is 18.0 Å². The molecule has 1 aromatic heterocycles. The zero-order valence-corrected chi connectivity index (χ0v) is 16.3. The van der Waals surface area contributed by atoms with E-state index in [4.69, 9.17) is 4.74 Å². The summed E-state index contributed by atoms with van der Waals surface area (Å²) in [5, 5.41) is 3.54. The molecule has 140 valence electrons. The number of ether oxygens (including phenoxy) is 1. The van der Waals surface area contributed by atoms with Crippen molar-refractivity contribution in [1.82, 2.24) is 4.98 Å². The molecule has 0 saturated carbocycles. The molecular formula is C23H20N2O2S. The third-order valence-corrected chi connectivity index (χ3v) is 5.54. The molecule has 0 spiro atoms. The van der Waals surface area contributed by atoms with Crippen LogP contribution in [0.1, 0.15) is 21.5 Å². The summed E-state index contributed by atoms with van der Waals surface area (Å²) in [6.07, 6.45) is 1.71. The van der Waals surface area contributed by atoms with Crippen LogP contribution >= 0.6 is 11.3 Å². The Kier molecular flexibility index (Phi) is 5.35. The van der Waals surface area contributed by atoms with Crippen molar-refractivity contribution in [3.8, 4) is 5.75 Å². The lowest BCUT2D eigenvalue weighted by Gasteiger charge is -2.09. The van der Waals surface area contributed by atoms with Gasteiger partial charge in [0.1, 0.15) is 5.75 Å². The fourth-order valence-electron chi connectivity index (χ4n) is 3.13. The molecule has 3 aromatic carbocycles. The molecule has 1 N–H and O–H groups in total. The van der Waals surface area contributed by atoms with Crippen molar-refractivity contribution in [3.05, 3.63) is 89.5 Å². The van der Waals surface area contributed by atoms with Crippen molar-refractivity contribution in [3.63, 3.8) is 0 Å². The fourth-order valence-corrected chi connectivity index (χ4v) is 4.02. The van der Waals surface area contributed by atoms with Crippen molar-refractivity contribution in [1.29, 1.82) is 0 Å². The highest BCUT2D eigenvalue weighted by Crippen LogP contribution is 2.29. The molecule has 0 unspecified atom stereocenters. The minimum atomic E-state index is -0.130. The Balaban J connectivity index is 1.52. The lowest BCUT2D eigenvalue weighted by Crippen LogP contribution is -2.14. The maximum absolute atomic E-state index is 12.9. The van der Waals surface area contributed by atoms with E-state index < -0.39 is 0 Å². The zero-order chi connectivity index (χ0) is 19.3. The van der Waals surface area contributed by atoms with Crippen LogP contribution in [0.4, 0.5) is 5.13 Å². The molecule has 0 radical (unpaired) electrons. The second-order valence-corrected chi connectivity index (χ2v) is 7.48. The SMILES string of the molecule is COc1ccc2nc(NC(=O)c3ccccc3CCc3ccccc3)sc2c1. The molecule has 1 heterocycles. The van der Waals surface area contributed by atoms with Gasteiger partial charge in [-0.25, -0.2) is 4.98 Å². The highest BCUT2D eigenvalue weighted by Gasteiger charge is 2.14. The van der Waals surface area contributed by atoms with E-state index in [0.717, 1.165) is 34.4 Å². The first-order valence-electron chi connectivity index (χ1n) is 9.11. The highest BCUT2D eigenvalue weighted by molar-refractivity contribution is 7.22. The summed E-state index contributed by atoms with van der Waals surface area (Å²) in [6.45, 7) is 0. The summed E-state index contributed by atoms with van der Waals surface area (Å²) >= 11 is 1.44. The van der Waals surface area contributed by atoms with Gasteiger partial charge in [-0.15, -0.1) is 0 Å². The van der Waals surface area contributed by atoms with Gasteiger partial charge >= 0.3 is 0 Å². The first kappa shape index (κ1) is 18.2. The number of fused-ring (bicyclic) bond motifs is 1. The molecule has 0 fully saturated rings. The average molecular weight is 388 g/mol. The summed E-state index contributed by atoms with van der Waals surface area (Å²) in [5.41, 5.74) is 3.83. The third-order valence-electron chi connectivity index (χ3n) is 4.60. The van der Waals surface area contributed by atoms with E-state index in [-0.39, 0.29) is 5.91 Å². The second kappa shape index (κ2) is 8.23. The lowest BCUT2D eigenvalue weighted by molar-refractivity contribution is 0.102. The predicted octanol–water partition coefficient (Wildman–Crippen LogP) is 5.34. The first-order chi connectivity index (χ1) is 13.7. The third kappa shape index (κ3) is 4.05. The monoisotopic (exact) mass is 388 g/mol. The zero-order valence-electron chi connectivity index (χ0n) is 15.5. The number of hydrogen-bond donors (Lipinski definition) is 1. The van der Waals surface area contributed by atoms with Gasteiger partial charge < -0.3 is 4.74 Å². The number of hydrogen-bond acceptors (Lipinski definition) is 4. The molecule has 0 saturated heterocycles. The predicted molar refractivity (Wildman–Crippen MR) is 114 cm³/mol. The van der Waals surface area contributed by atoms with Crippen LogP contribution in [0.2, 0.25) is 0 Å². The number of benzene rings is 3. The largest absolute Gasteiger partial charge is 0.497 e. The van der Waals surface area contributed by atoms with E-state index in [2.05, 4.69) is 22.4 Å². The number of nitrogens with zero attached hydrogens (tertiary/aromatic N) is 1. The lowest BCUT2D eigenvalue weighted by atomic mass is 9.99. The minimum Gasteiger partial charge on any atom is -0.497 e. The smallest absolute Gasteiger partial charge is 0.257 e. The molecule has 0 bridgehead atoms. The molecule has 4 nitrogen and oxygen atoms in total. The van der Waals surface area contributed by atoms with E-state index in [9.17, 15) is 4.79 Å². The number of anilines is 1.